The number of ether oxygens (including phenoxy) is 1. The Hall–Kier alpha value is -1.40. The zero-order valence-electron chi connectivity index (χ0n) is 12.4. The average Bonchev–Trinajstić information content (AvgIpc) is 2.46. The van der Waals surface area contributed by atoms with Crippen LogP contribution in [0.2, 0.25) is 0 Å². The summed E-state index contributed by atoms with van der Waals surface area (Å²) < 4.78 is 4.78. The van der Waals surface area contributed by atoms with E-state index >= 15 is 0 Å². The van der Waals surface area contributed by atoms with Gasteiger partial charge in [0.1, 0.15) is 6.10 Å². The predicted octanol–water partition coefficient (Wildman–Crippen LogP) is 1.50. The van der Waals surface area contributed by atoms with Gasteiger partial charge in [-0.25, -0.2) is 0 Å². The lowest BCUT2D eigenvalue weighted by atomic mass is 9.97. The van der Waals surface area contributed by atoms with Gasteiger partial charge in [-0.05, 0) is 19.3 Å². The normalized spacial score (nSPS) is 12.1. The van der Waals surface area contributed by atoms with Crippen LogP contribution in [0.3, 0.4) is 0 Å². The number of aliphatic hydroxyl groups excluding tert-OH is 2. The summed E-state index contributed by atoms with van der Waals surface area (Å²) in [5, 5.41) is 26.7. The summed E-state index contributed by atoms with van der Waals surface area (Å²) >= 11 is 0. The van der Waals surface area contributed by atoms with E-state index in [4.69, 9.17) is 20.1 Å². The maximum absolute atomic E-state index is 11.5. The monoisotopic (exact) mass is 302 g/mol. The highest BCUT2D eigenvalue weighted by atomic mass is 16.6. The van der Waals surface area contributed by atoms with Crippen LogP contribution in [-0.4, -0.2) is 46.6 Å². The molecule has 3 N–H and O–H groups in total. The zero-order chi connectivity index (χ0) is 16.1. The number of carbonyl (C=O) groups excluding carboxylic acids is 1. The average molecular weight is 302 g/mol. The minimum Gasteiger partial charge on any atom is -0.481 e. The molecule has 0 saturated carbocycles. The first-order valence-corrected chi connectivity index (χ1v) is 7.30. The van der Waals surface area contributed by atoms with Gasteiger partial charge in [-0.1, -0.05) is 25.3 Å². The van der Waals surface area contributed by atoms with Crippen molar-refractivity contribution >= 4 is 11.9 Å². The van der Waals surface area contributed by atoms with E-state index in [-0.39, 0.29) is 6.42 Å². The second kappa shape index (κ2) is 12.3. The molecule has 0 fully saturated rings. The lowest BCUT2D eigenvalue weighted by Gasteiger charge is -2.15. The number of carboxylic acids is 1. The van der Waals surface area contributed by atoms with E-state index in [9.17, 15) is 9.59 Å². The summed E-state index contributed by atoms with van der Waals surface area (Å²) in [4.78, 5) is 22.6. The molecular formula is C15H26O6. The Morgan fingerprint density at radius 1 is 1.10 bits per heavy atom. The van der Waals surface area contributed by atoms with Gasteiger partial charge in [0.15, 0.2) is 0 Å². The van der Waals surface area contributed by atoms with Gasteiger partial charge < -0.3 is 20.1 Å². The molecule has 0 amide bonds. The molecule has 0 aliphatic rings. The Labute approximate surface area is 125 Å². The first-order chi connectivity index (χ1) is 10.0. The number of unbranched alkanes of at least 4 members (excludes halogenated alkanes) is 4. The quantitative estimate of drug-likeness (QED) is 0.270. The number of aliphatic carboxylic acids is 1. The minimum absolute atomic E-state index is 0.238. The SMILES string of the molecule is C=CCCCCCCC(CC(=O)OC(CO)CO)C(=O)O. The second-order valence-electron chi connectivity index (χ2n) is 5.00. The van der Waals surface area contributed by atoms with Crippen molar-refractivity contribution in [2.75, 3.05) is 13.2 Å². The number of carbonyl (C=O) groups is 2. The highest BCUT2D eigenvalue weighted by Gasteiger charge is 2.23. The van der Waals surface area contributed by atoms with Gasteiger partial charge in [0, 0.05) is 0 Å². The standard InChI is InChI=1S/C15H26O6/c1-2-3-4-5-6-7-8-12(15(19)20)9-14(18)21-13(10-16)11-17/h2,12-13,16-17H,1,3-11H2,(H,19,20). The Kier molecular flexibility index (Phi) is 11.5. The van der Waals surface area contributed by atoms with Gasteiger partial charge in [0.25, 0.3) is 0 Å². The van der Waals surface area contributed by atoms with Crippen LogP contribution in [0.4, 0.5) is 0 Å². The molecule has 0 aliphatic heterocycles. The number of allylic oxidation sites excluding steroid dienone is 1. The van der Waals surface area contributed by atoms with Crippen LogP contribution in [0.25, 0.3) is 0 Å². The van der Waals surface area contributed by atoms with Crippen molar-refractivity contribution in [3.8, 4) is 0 Å². The van der Waals surface area contributed by atoms with Gasteiger partial charge in [0.2, 0.25) is 0 Å². The van der Waals surface area contributed by atoms with Crippen LogP contribution in [-0.2, 0) is 14.3 Å². The number of hydrogen-bond acceptors (Lipinski definition) is 5. The molecule has 21 heavy (non-hydrogen) atoms. The fourth-order valence-corrected chi connectivity index (χ4v) is 1.91. The predicted molar refractivity (Wildman–Crippen MR) is 77.7 cm³/mol. The van der Waals surface area contributed by atoms with Crippen molar-refractivity contribution in [2.45, 2.75) is 51.0 Å². The van der Waals surface area contributed by atoms with Crippen molar-refractivity contribution in [3.63, 3.8) is 0 Å². The summed E-state index contributed by atoms with van der Waals surface area (Å²) in [6.07, 6.45) is 5.73. The van der Waals surface area contributed by atoms with E-state index in [1.54, 1.807) is 0 Å². The van der Waals surface area contributed by atoms with E-state index in [1.165, 1.54) is 0 Å². The maximum atomic E-state index is 11.5. The minimum atomic E-state index is -1.03. The molecular weight excluding hydrogens is 276 g/mol. The maximum Gasteiger partial charge on any atom is 0.307 e. The molecule has 1 unspecified atom stereocenters. The highest BCUT2D eigenvalue weighted by molar-refractivity contribution is 5.78. The van der Waals surface area contributed by atoms with Gasteiger partial charge in [-0.2, -0.15) is 0 Å². The molecule has 6 nitrogen and oxygen atoms in total. The number of esters is 1. The molecule has 0 spiro atoms. The van der Waals surface area contributed by atoms with Crippen LogP contribution >= 0.6 is 0 Å². The van der Waals surface area contributed by atoms with E-state index in [2.05, 4.69) is 6.58 Å². The van der Waals surface area contributed by atoms with Crippen LogP contribution < -0.4 is 0 Å². The van der Waals surface area contributed by atoms with Crippen LogP contribution in [0.15, 0.2) is 12.7 Å². The fourth-order valence-electron chi connectivity index (χ4n) is 1.91. The third kappa shape index (κ3) is 10.0. The molecule has 0 bridgehead atoms. The fraction of sp³-hybridized carbons (Fsp3) is 0.733. The van der Waals surface area contributed by atoms with Gasteiger partial charge in [-0.3, -0.25) is 9.59 Å². The van der Waals surface area contributed by atoms with Crippen molar-refractivity contribution in [1.29, 1.82) is 0 Å². The molecule has 122 valence electrons. The third-order valence-electron chi connectivity index (χ3n) is 3.18. The van der Waals surface area contributed by atoms with Crippen molar-refractivity contribution in [3.05, 3.63) is 12.7 Å². The Balaban J connectivity index is 4.03. The molecule has 0 rings (SSSR count). The van der Waals surface area contributed by atoms with Gasteiger partial charge in [-0.15, -0.1) is 6.58 Å². The Morgan fingerprint density at radius 2 is 1.71 bits per heavy atom. The molecule has 0 radical (unpaired) electrons. The molecule has 0 aromatic heterocycles. The zero-order valence-corrected chi connectivity index (χ0v) is 12.4. The van der Waals surface area contributed by atoms with Crippen LogP contribution in [0.5, 0.6) is 0 Å². The first-order valence-electron chi connectivity index (χ1n) is 7.30. The Morgan fingerprint density at radius 3 is 2.24 bits per heavy atom. The topological polar surface area (TPSA) is 104 Å². The second-order valence-corrected chi connectivity index (χ2v) is 5.00. The summed E-state index contributed by atoms with van der Waals surface area (Å²) in [6, 6.07) is 0. The van der Waals surface area contributed by atoms with Gasteiger partial charge in [0.05, 0.1) is 25.6 Å². The lowest BCUT2D eigenvalue weighted by Crippen LogP contribution is -2.28. The van der Waals surface area contributed by atoms with E-state index in [0.29, 0.717) is 6.42 Å². The largest absolute Gasteiger partial charge is 0.481 e. The molecule has 0 heterocycles. The first kappa shape index (κ1) is 19.6. The highest BCUT2D eigenvalue weighted by Crippen LogP contribution is 2.16. The van der Waals surface area contributed by atoms with Gasteiger partial charge >= 0.3 is 11.9 Å². The van der Waals surface area contributed by atoms with Crippen LogP contribution in [0, 0.1) is 5.92 Å². The number of hydrogen-bond donors (Lipinski definition) is 3. The molecule has 1 atom stereocenters. The molecule has 0 aromatic rings. The number of carboxylic acid groups (broad SMARTS) is 1. The molecule has 6 heteroatoms. The summed E-state index contributed by atoms with van der Waals surface area (Å²) in [5.41, 5.74) is 0. The smallest absolute Gasteiger partial charge is 0.307 e. The molecule has 0 aliphatic carbocycles. The number of aliphatic hydroxyl groups is 2. The van der Waals surface area contributed by atoms with Crippen molar-refractivity contribution < 1.29 is 29.6 Å². The van der Waals surface area contributed by atoms with E-state index in [1.807, 2.05) is 6.08 Å². The van der Waals surface area contributed by atoms with Crippen LogP contribution in [0.1, 0.15) is 44.9 Å². The van der Waals surface area contributed by atoms with E-state index in [0.717, 1.165) is 32.1 Å². The third-order valence-corrected chi connectivity index (χ3v) is 3.18. The summed E-state index contributed by atoms with van der Waals surface area (Å²) in [5.74, 6) is -2.51. The van der Waals surface area contributed by atoms with Crippen molar-refractivity contribution in [2.24, 2.45) is 5.92 Å². The molecule has 0 saturated heterocycles. The Bertz CT molecular complexity index is 311. The van der Waals surface area contributed by atoms with E-state index < -0.39 is 37.2 Å². The summed E-state index contributed by atoms with van der Waals surface area (Å²) in [7, 11) is 0. The lowest BCUT2D eigenvalue weighted by molar-refractivity contribution is -0.158. The van der Waals surface area contributed by atoms with Crippen molar-refractivity contribution in [1.82, 2.24) is 0 Å². The summed E-state index contributed by atoms with van der Waals surface area (Å²) in [6.45, 7) is 2.67. The number of rotatable bonds is 13. The molecule has 0 aromatic carbocycles.